The number of rotatable bonds is 14. The third-order valence-electron chi connectivity index (χ3n) is 3.61. The van der Waals surface area contributed by atoms with Crippen molar-refractivity contribution < 1.29 is 39.0 Å². The first kappa shape index (κ1) is 24.8. The fraction of sp³-hybridized carbons (Fsp3) is 0.600. The minimum absolute atomic E-state index is 0.0817. The van der Waals surface area contributed by atoms with Crippen LogP contribution in [0.5, 0.6) is 0 Å². The number of carbonyl (C=O) groups is 6. The highest BCUT2D eigenvalue weighted by Crippen LogP contribution is 2.04. The highest BCUT2D eigenvalue weighted by molar-refractivity contribution is 5.92. The number of primary amides is 2. The molecule has 0 bridgehead atoms. The predicted octanol–water partition coefficient (Wildman–Crippen LogP) is -3.24. The molecular weight excluding hydrogens is 378 g/mol. The molecule has 0 aliphatic carbocycles. The van der Waals surface area contributed by atoms with E-state index >= 15 is 0 Å². The predicted molar refractivity (Wildman–Crippen MR) is 93.2 cm³/mol. The van der Waals surface area contributed by atoms with E-state index in [1.165, 1.54) is 0 Å². The maximum atomic E-state index is 12.3. The average Bonchev–Trinajstić information content (AvgIpc) is 2.58. The first-order valence-electron chi connectivity index (χ1n) is 8.31. The standard InChI is InChI=1S/C15H25N5O8/c16-7(1-4-10(17)21)13(25)19-8(2-5-11(18)22)14(26)20-9(15(27)28)3-6-12(23)24/h7-9H,1-6,16H2,(H2,17,21)(H2,18,22)(H,19,25)(H,20,26)(H,23,24)(H,27,28)/t7-,8-,9-/m0/s1. The fourth-order valence-corrected chi connectivity index (χ4v) is 2.06. The topological polar surface area (TPSA) is 245 Å². The number of carboxylic acid groups (broad SMARTS) is 2. The van der Waals surface area contributed by atoms with Crippen LogP contribution in [-0.2, 0) is 28.8 Å². The van der Waals surface area contributed by atoms with Crippen LogP contribution in [0.4, 0.5) is 0 Å². The molecule has 13 nitrogen and oxygen atoms in total. The van der Waals surface area contributed by atoms with Gasteiger partial charge in [-0.1, -0.05) is 0 Å². The molecule has 10 N–H and O–H groups in total. The number of aliphatic carboxylic acids is 2. The molecule has 0 fully saturated rings. The lowest BCUT2D eigenvalue weighted by Gasteiger charge is -2.22. The van der Waals surface area contributed by atoms with Gasteiger partial charge in [0, 0.05) is 19.3 Å². The number of amides is 4. The van der Waals surface area contributed by atoms with E-state index in [2.05, 4.69) is 10.6 Å². The highest BCUT2D eigenvalue weighted by atomic mass is 16.4. The summed E-state index contributed by atoms with van der Waals surface area (Å²) in [5.41, 5.74) is 15.6. The van der Waals surface area contributed by atoms with Crippen molar-refractivity contribution in [2.24, 2.45) is 17.2 Å². The zero-order chi connectivity index (χ0) is 21.9. The molecule has 0 rings (SSSR count). The van der Waals surface area contributed by atoms with Crippen LogP contribution in [0.15, 0.2) is 0 Å². The average molecular weight is 403 g/mol. The highest BCUT2D eigenvalue weighted by Gasteiger charge is 2.28. The van der Waals surface area contributed by atoms with Crippen molar-refractivity contribution in [2.45, 2.75) is 56.7 Å². The van der Waals surface area contributed by atoms with Gasteiger partial charge in [0.15, 0.2) is 0 Å². The Hall–Kier alpha value is -3.22. The number of hydrogen-bond acceptors (Lipinski definition) is 7. The molecule has 28 heavy (non-hydrogen) atoms. The van der Waals surface area contributed by atoms with Gasteiger partial charge in [-0.15, -0.1) is 0 Å². The second kappa shape index (κ2) is 12.2. The Morgan fingerprint density at radius 2 is 1.18 bits per heavy atom. The van der Waals surface area contributed by atoms with Crippen LogP contribution in [0.25, 0.3) is 0 Å². The summed E-state index contributed by atoms with van der Waals surface area (Å²) in [4.78, 5) is 67.9. The van der Waals surface area contributed by atoms with Gasteiger partial charge >= 0.3 is 11.9 Å². The van der Waals surface area contributed by atoms with E-state index in [9.17, 15) is 28.8 Å². The quantitative estimate of drug-likeness (QED) is 0.154. The summed E-state index contributed by atoms with van der Waals surface area (Å²) in [5, 5.41) is 22.1. The lowest BCUT2D eigenvalue weighted by Crippen LogP contribution is -2.54. The zero-order valence-electron chi connectivity index (χ0n) is 15.1. The van der Waals surface area contributed by atoms with E-state index in [1.54, 1.807) is 0 Å². The van der Waals surface area contributed by atoms with E-state index in [1.807, 2.05) is 0 Å². The Labute approximate surface area is 160 Å². The molecule has 0 radical (unpaired) electrons. The van der Waals surface area contributed by atoms with Crippen molar-refractivity contribution >= 4 is 35.6 Å². The van der Waals surface area contributed by atoms with Crippen LogP contribution in [0.1, 0.15) is 38.5 Å². The Kier molecular flexibility index (Phi) is 10.8. The summed E-state index contributed by atoms with van der Waals surface area (Å²) in [6, 6.07) is -4.02. The maximum Gasteiger partial charge on any atom is 0.326 e. The van der Waals surface area contributed by atoms with Gasteiger partial charge in [0.1, 0.15) is 12.1 Å². The van der Waals surface area contributed by atoms with E-state index in [-0.39, 0.29) is 32.1 Å². The third-order valence-corrected chi connectivity index (χ3v) is 3.61. The minimum atomic E-state index is -1.51. The van der Waals surface area contributed by atoms with E-state index < -0.39 is 60.1 Å². The summed E-state index contributed by atoms with van der Waals surface area (Å²) in [6.07, 6.45) is -1.66. The smallest absolute Gasteiger partial charge is 0.326 e. The molecule has 3 atom stereocenters. The van der Waals surface area contributed by atoms with Gasteiger partial charge in [-0.2, -0.15) is 0 Å². The molecule has 0 aromatic heterocycles. The van der Waals surface area contributed by atoms with Crippen LogP contribution in [-0.4, -0.2) is 63.9 Å². The van der Waals surface area contributed by atoms with Crippen molar-refractivity contribution in [2.75, 3.05) is 0 Å². The van der Waals surface area contributed by atoms with Gasteiger partial charge in [-0.05, 0) is 19.3 Å². The van der Waals surface area contributed by atoms with Gasteiger partial charge in [0.25, 0.3) is 0 Å². The summed E-state index contributed by atoms with van der Waals surface area (Å²) >= 11 is 0. The van der Waals surface area contributed by atoms with Crippen molar-refractivity contribution in [1.82, 2.24) is 10.6 Å². The van der Waals surface area contributed by atoms with Crippen LogP contribution in [0.3, 0.4) is 0 Å². The summed E-state index contributed by atoms with van der Waals surface area (Å²) in [6.45, 7) is 0. The molecule has 4 amide bonds. The van der Waals surface area contributed by atoms with Crippen molar-refractivity contribution in [1.29, 1.82) is 0 Å². The Morgan fingerprint density at radius 1 is 0.714 bits per heavy atom. The van der Waals surface area contributed by atoms with Crippen LogP contribution in [0.2, 0.25) is 0 Å². The number of nitrogens with one attached hydrogen (secondary N) is 2. The Bertz CT molecular complexity index is 624. The lowest BCUT2D eigenvalue weighted by molar-refractivity contribution is -0.143. The van der Waals surface area contributed by atoms with Gasteiger partial charge < -0.3 is 38.0 Å². The minimum Gasteiger partial charge on any atom is -0.481 e. The Morgan fingerprint density at radius 3 is 1.64 bits per heavy atom. The zero-order valence-corrected chi connectivity index (χ0v) is 15.1. The molecule has 158 valence electrons. The normalized spacial score (nSPS) is 13.6. The number of carboxylic acids is 2. The van der Waals surface area contributed by atoms with Gasteiger partial charge in [0.2, 0.25) is 23.6 Å². The first-order chi connectivity index (χ1) is 12.9. The molecular formula is C15H25N5O8. The molecule has 0 saturated heterocycles. The lowest BCUT2D eigenvalue weighted by atomic mass is 10.1. The molecule has 0 aromatic rings. The number of nitrogens with two attached hydrogens (primary N) is 3. The molecule has 0 aliphatic rings. The van der Waals surface area contributed by atoms with Gasteiger partial charge in [-0.25, -0.2) is 4.79 Å². The first-order valence-corrected chi connectivity index (χ1v) is 8.31. The van der Waals surface area contributed by atoms with Crippen LogP contribution in [0, 0.1) is 0 Å². The Balaban J connectivity index is 5.08. The fourth-order valence-electron chi connectivity index (χ4n) is 2.06. The van der Waals surface area contributed by atoms with Gasteiger partial charge in [0.05, 0.1) is 6.04 Å². The molecule has 0 aromatic carbocycles. The van der Waals surface area contributed by atoms with E-state index in [4.69, 9.17) is 27.4 Å². The molecule has 0 unspecified atom stereocenters. The molecule has 0 spiro atoms. The maximum absolute atomic E-state index is 12.3. The molecule has 0 aliphatic heterocycles. The third kappa shape index (κ3) is 10.7. The number of hydrogen-bond donors (Lipinski definition) is 7. The largest absolute Gasteiger partial charge is 0.481 e. The molecule has 0 heterocycles. The second-order valence-corrected chi connectivity index (χ2v) is 6.01. The monoisotopic (exact) mass is 403 g/mol. The van der Waals surface area contributed by atoms with Crippen LogP contribution < -0.4 is 27.8 Å². The van der Waals surface area contributed by atoms with Crippen molar-refractivity contribution in [3.05, 3.63) is 0 Å². The summed E-state index contributed by atoms with van der Waals surface area (Å²) < 4.78 is 0. The molecule has 13 heteroatoms. The SMILES string of the molecule is NC(=O)CC[C@H](NC(=O)[C@@H](N)CCC(N)=O)C(=O)N[C@@H](CCC(=O)O)C(=O)O. The van der Waals surface area contributed by atoms with Crippen molar-refractivity contribution in [3.63, 3.8) is 0 Å². The summed E-state index contributed by atoms with van der Waals surface area (Å²) in [7, 11) is 0. The van der Waals surface area contributed by atoms with E-state index in [0.717, 1.165) is 0 Å². The van der Waals surface area contributed by atoms with Gasteiger partial charge in [-0.3, -0.25) is 24.0 Å². The second-order valence-electron chi connectivity index (χ2n) is 6.01. The van der Waals surface area contributed by atoms with Crippen molar-refractivity contribution in [3.8, 4) is 0 Å². The number of carbonyl (C=O) groups excluding carboxylic acids is 4. The van der Waals surface area contributed by atoms with E-state index in [0.29, 0.717) is 0 Å². The van der Waals surface area contributed by atoms with Crippen LogP contribution >= 0.6 is 0 Å². The summed E-state index contributed by atoms with van der Waals surface area (Å²) in [5.74, 6) is -5.91. The molecule has 0 saturated carbocycles.